The van der Waals surface area contributed by atoms with Gasteiger partial charge in [0.25, 0.3) is 0 Å². The molecule has 1 aliphatic heterocycles. The Hall–Kier alpha value is -2.77. The number of benzene rings is 1. The van der Waals surface area contributed by atoms with Gasteiger partial charge >= 0.3 is 11.9 Å². The number of carbonyl (C=O) groups excluding carboxylic acids is 2. The Kier molecular flexibility index (Phi) is 9.81. The number of halogens is 1. The van der Waals surface area contributed by atoms with Crippen molar-refractivity contribution in [2.75, 3.05) is 19.5 Å². The number of aromatic nitrogens is 1. The highest BCUT2D eigenvalue weighted by molar-refractivity contribution is 7.98. The highest BCUT2D eigenvalue weighted by Gasteiger charge is 2.39. The number of hydrogen-bond donors (Lipinski definition) is 1. The number of carbonyl (C=O) groups is 2. The standard InChI is InChI=1S/C27H31ClN2O4S/c1-5-33-26(31)23-17(3)30-22(13-12-21(28)19-10-8-14-29-16-19)25(27(32)34-6-2)24(23)18-9-7-11-20(15-18)35-4/h7-11,14-16,21,24,30H,5-6,12-13H2,1-4H3. The van der Waals surface area contributed by atoms with Gasteiger partial charge < -0.3 is 14.8 Å². The Morgan fingerprint density at radius 3 is 2.46 bits per heavy atom. The van der Waals surface area contributed by atoms with Crippen molar-refractivity contribution in [3.63, 3.8) is 0 Å². The van der Waals surface area contributed by atoms with Crippen molar-refractivity contribution in [2.24, 2.45) is 0 Å². The lowest BCUT2D eigenvalue weighted by molar-refractivity contribution is -0.139. The van der Waals surface area contributed by atoms with Crippen LogP contribution < -0.4 is 5.32 Å². The molecule has 0 saturated heterocycles. The first-order valence-corrected chi connectivity index (χ1v) is 13.3. The first kappa shape index (κ1) is 26.8. The summed E-state index contributed by atoms with van der Waals surface area (Å²) in [6, 6.07) is 11.6. The molecule has 2 heterocycles. The van der Waals surface area contributed by atoms with Crippen molar-refractivity contribution < 1.29 is 19.1 Å². The van der Waals surface area contributed by atoms with Crippen LogP contribution in [0.25, 0.3) is 0 Å². The largest absolute Gasteiger partial charge is 0.463 e. The fourth-order valence-electron chi connectivity index (χ4n) is 4.18. The topological polar surface area (TPSA) is 77.5 Å². The molecule has 8 heteroatoms. The van der Waals surface area contributed by atoms with Gasteiger partial charge in [-0.05, 0) is 69.2 Å². The number of nitrogens with one attached hydrogen (secondary N) is 1. The van der Waals surface area contributed by atoms with Gasteiger partial charge in [-0.25, -0.2) is 9.59 Å². The van der Waals surface area contributed by atoms with Gasteiger partial charge in [0.15, 0.2) is 0 Å². The lowest BCUT2D eigenvalue weighted by Gasteiger charge is -2.32. The number of rotatable bonds is 10. The Balaban J connectivity index is 2.09. The predicted molar refractivity (Wildman–Crippen MR) is 139 cm³/mol. The highest BCUT2D eigenvalue weighted by Crippen LogP contribution is 2.42. The summed E-state index contributed by atoms with van der Waals surface area (Å²) in [5.74, 6) is -1.54. The number of allylic oxidation sites excluding steroid dienone is 2. The fraction of sp³-hybridized carbons (Fsp3) is 0.370. The lowest BCUT2D eigenvalue weighted by atomic mass is 9.79. The van der Waals surface area contributed by atoms with Gasteiger partial charge in [-0.3, -0.25) is 4.98 Å². The Bertz CT molecular complexity index is 1120. The molecule has 2 atom stereocenters. The molecule has 0 amide bonds. The SMILES string of the molecule is CCOC(=O)C1=C(C)NC(CCC(Cl)c2cccnc2)=C(C(=O)OCC)C1c1cccc(SC)c1. The van der Waals surface area contributed by atoms with Gasteiger partial charge in [0.2, 0.25) is 0 Å². The number of thioether (sulfide) groups is 1. The van der Waals surface area contributed by atoms with Gasteiger partial charge in [-0.2, -0.15) is 0 Å². The molecule has 0 saturated carbocycles. The zero-order chi connectivity index (χ0) is 25.4. The number of ether oxygens (including phenoxy) is 2. The first-order valence-electron chi connectivity index (χ1n) is 11.6. The third kappa shape index (κ3) is 6.47. The minimum absolute atomic E-state index is 0.221. The van der Waals surface area contributed by atoms with Crippen LogP contribution in [0.4, 0.5) is 0 Å². The summed E-state index contributed by atoms with van der Waals surface area (Å²) in [4.78, 5) is 31.6. The summed E-state index contributed by atoms with van der Waals surface area (Å²) < 4.78 is 10.9. The summed E-state index contributed by atoms with van der Waals surface area (Å²) >= 11 is 8.26. The van der Waals surface area contributed by atoms with E-state index in [1.54, 1.807) is 38.0 Å². The number of pyridine rings is 1. The molecule has 2 aromatic rings. The number of nitrogens with zero attached hydrogens (tertiary/aromatic N) is 1. The molecule has 6 nitrogen and oxygen atoms in total. The zero-order valence-corrected chi connectivity index (χ0v) is 22.0. The highest BCUT2D eigenvalue weighted by atomic mass is 35.5. The molecule has 2 unspecified atom stereocenters. The van der Waals surface area contributed by atoms with Crippen molar-refractivity contribution in [1.82, 2.24) is 10.3 Å². The summed E-state index contributed by atoms with van der Waals surface area (Å²) in [6.07, 6.45) is 6.49. The van der Waals surface area contributed by atoms with Crippen LogP contribution in [0.15, 0.2) is 76.2 Å². The summed E-state index contributed by atoms with van der Waals surface area (Å²) in [6.45, 7) is 5.82. The molecule has 186 valence electrons. The molecule has 1 N–H and O–H groups in total. The zero-order valence-electron chi connectivity index (χ0n) is 20.5. The molecule has 1 aromatic carbocycles. The maximum atomic E-state index is 13.4. The second-order valence-corrected chi connectivity index (χ2v) is 9.41. The summed E-state index contributed by atoms with van der Waals surface area (Å²) in [5, 5.41) is 3.03. The summed E-state index contributed by atoms with van der Waals surface area (Å²) in [7, 11) is 0. The fourth-order valence-corrected chi connectivity index (χ4v) is 4.88. The Morgan fingerprint density at radius 1 is 1.11 bits per heavy atom. The lowest BCUT2D eigenvalue weighted by Crippen LogP contribution is -2.33. The quantitative estimate of drug-likeness (QED) is 0.240. The Labute approximate surface area is 216 Å². The summed E-state index contributed by atoms with van der Waals surface area (Å²) in [5.41, 5.74) is 3.91. The first-order chi connectivity index (χ1) is 16.9. The van der Waals surface area contributed by atoms with E-state index in [2.05, 4.69) is 10.3 Å². The minimum Gasteiger partial charge on any atom is -0.463 e. The molecule has 0 aliphatic carbocycles. The predicted octanol–water partition coefficient (Wildman–Crippen LogP) is 5.90. The number of esters is 2. The van der Waals surface area contributed by atoms with E-state index in [1.165, 1.54) is 0 Å². The molecule has 35 heavy (non-hydrogen) atoms. The molecule has 3 rings (SSSR count). The molecular weight excluding hydrogens is 484 g/mol. The van der Waals surface area contributed by atoms with E-state index in [9.17, 15) is 9.59 Å². The van der Waals surface area contributed by atoms with Crippen LogP contribution in [0, 0.1) is 0 Å². The second kappa shape index (κ2) is 12.8. The van der Waals surface area contributed by atoms with Gasteiger partial charge in [0.1, 0.15) is 0 Å². The van der Waals surface area contributed by atoms with Gasteiger partial charge in [-0.15, -0.1) is 23.4 Å². The molecule has 1 aromatic heterocycles. The van der Waals surface area contributed by atoms with Crippen molar-refractivity contribution in [2.45, 2.75) is 49.8 Å². The van der Waals surface area contributed by atoms with Gasteiger partial charge in [0, 0.05) is 28.7 Å². The molecule has 0 bridgehead atoms. The van der Waals surface area contributed by atoms with E-state index in [0.29, 0.717) is 35.4 Å². The monoisotopic (exact) mass is 514 g/mol. The number of hydrogen-bond acceptors (Lipinski definition) is 7. The van der Waals surface area contributed by atoms with Gasteiger partial charge in [-0.1, -0.05) is 18.2 Å². The maximum absolute atomic E-state index is 13.4. The van der Waals surface area contributed by atoms with Crippen LogP contribution in [-0.2, 0) is 19.1 Å². The van der Waals surface area contributed by atoms with Crippen molar-refractivity contribution in [3.8, 4) is 0 Å². The van der Waals surface area contributed by atoms with E-state index in [1.807, 2.05) is 49.6 Å². The van der Waals surface area contributed by atoms with E-state index >= 15 is 0 Å². The van der Waals surface area contributed by atoms with E-state index in [0.717, 1.165) is 16.0 Å². The normalized spacial score (nSPS) is 16.5. The van der Waals surface area contributed by atoms with Crippen LogP contribution in [0.5, 0.6) is 0 Å². The van der Waals surface area contributed by atoms with Crippen LogP contribution in [-0.4, -0.2) is 36.4 Å². The van der Waals surface area contributed by atoms with Gasteiger partial charge in [0.05, 0.1) is 35.7 Å². The van der Waals surface area contributed by atoms with Crippen molar-refractivity contribution in [1.29, 1.82) is 0 Å². The molecule has 1 aliphatic rings. The number of alkyl halides is 1. The van der Waals surface area contributed by atoms with Crippen LogP contribution >= 0.6 is 23.4 Å². The van der Waals surface area contributed by atoms with Crippen LogP contribution in [0.1, 0.15) is 56.0 Å². The van der Waals surface area contributed by atoms with Crippen molar-refractivity contribution >= 4 is 35.3 Å². The number of dihydropyridines is 1. The Morgan fingerprint density at radius 2 is 1.83 bits per heavy atom. The second-order valence-electron chi connectivity index (χ2n) is 8.00. The van der Waals surface area contributed by atoms with Crippen molar-refractivity contribution in [3.05, 3.63) is 82.5 Å². The average Bonchev–Trinajstić information content (AvgIpc) is 2.87. The molecular formula is C27H31ClN2O4S. The smallest absolute Gasteiger partial charge is 0.336 e. The molecule has 0 radical (unpaired) electrons. The third-order valence-corrected chi connectivity index (χ3v) is 6.95. The van der Waals surface area contributed by atoms with E-state index in [-0.39, 0.29) is 18.6 Å². The molecule has 0 spiro atoms. The maximum Gasteiger partial charge on any atom is 0.336 e. The third-order valence-electron chi connectivity index (χ3n) is 5.76. The van der Waals surface area contributed by atoms with Crippen LogP contribution in [0.2, 0.25) is 0 Å². The molecule has 0 fully saturated rings. The average molecular weight is 515 g/mol. The van der Waals surface area contributed by atoms with E-state index < -0.39 is 17.9 Å². The van der Waals surface area contributed by atoms with Crippen LogP contribution in [0.3, 0.4) is 0 Å². The minimum atomic E-state index is -0.622. The van der Waals surface area contributed by atoms with E-state index in [4.69, 9.17) is 21.1 Å².